The molecule has 3 aliphatic rings. The van der Waals surface area contributed by atoms with Gasteiger partial charge in [-0.15, -0.1) is 0 Å². The number of hydrogen-bond donors (Lipinski definition) is 0. The van der Waals surface area contributed by atoms with Crippen LogP contribution in [0.5, 0.6) is 0 Å². The number of hydrogen-bond acceptors (Lipinski definition) is 4. The fourth-order valence-electron chi connectivity index (χ4n) is 4.57. The van der Waals surface area contributed by atoms with Crippen LogP contribution in [0.4, 0.5) is 0 Å². The maximum atomic E-state index is 12.2. The Morgan fingerprint density at radius 2 is 2.00 bits per heavy atom. The molecular formula is C16H28N2O3. The Morgan fingerprint density at radius 1 is 1.29 bits per heavy atom. The molecular weight excluding hydrogens is 268 g/mol. The zero-order valence-corrected chi connectivity index (χ0v) is 13.5. The zero-order valence-electron chi connectivity index (χ0n) is 13.5. The maximum absolute atomic E-state index is 12.2. The lowest BCUT2D eigenvalue weighted by atomic mass is 9.57. The summed E-state index contributed by atoms with van der Waals surface area (Å²) < 4.78 is 11.1. The summed E-state index contributed by atoms with van der Waals surface area (Å²) in [4.78, 5) is 16.6. The van der Waals surface area contributed by atoms with Crippen molar-refractivity contribution in [1.82, 2.24) is 9.80 Å². The highest BCUT2D eigenvalue weighted by Crippen LogP contribution is 2.54. The fraction of sp³-hybridized carbons (Fsp3) is 0.938. The number of nitrogens with zero attached hydrogens (tertiary/aromatic N) is 2. The van der Waals surface area contributed by atoms with Crippen molar-refractivity contribution in [2.24, 2.45) is 11.3 Å². The number of amides is 1. The molecule has 3 fully saturated rings. The monoisotopic (exact) mass is 296 g/mol. The highest BCUT2D eigenvalue weighted by Gasteiger charge is 2.60. The minimum atomic E-state index is 0.206. The third-order valence-corrected chi connectivity index (χ3v) is 5.56. The molecule has 1 saturated carbocycles. The normalized spacial score (nSPS) is 34.7. The van der Waals surface area contributed by atoms with Gasteiger partial charge in [-0.2, -0.15) is 0 Å². The van der Waals surface area contributed by atoms with Gasteiger partial charge in [0.2, 0.25) is 5.91 Å². The SMILES string of the molecule is CN(CCC(=O)N1CCOCC1)[C@@H]1[C@H]2CCO[C@H]2C1(C)C. The van der Waals surface area contributed by atoms with E-state index >= 15 is 0 Å². The summed E-state index contributed by atoms with van der Waals surface area (Å²) in [6.07, 6.45) is 2.20. The highest BCUT2D eigenvalue weighted by atomic mass is 16.5. The van der Waals surface area contributed by atoms with E-state index in [1.807, 2.05) is 4.90 Å². The molecule has 3 atom stereocenters. The van der Waals surface area contributed by atoms with Crippen molar-refractivity contribution in [2.75, 3.05) is 46.5 Å². The molecule has 0 aromatic rings. The van der Waals surface area contributed by atoms with Crippen LogP contribution >= 0.6 is 0 Å². The topological polar surface area (TPSA) is 42.0 Å². The second-order valence-electron chi connectivity index (χ2n) is 7.23. The van der Waals surface area contributed by atoms with Crippen LogP contribution < -0.4 is 0 Å². The lowest BCUT2D eigenvalue weighted by molar-refractivity contribution is -0.152. The van der Waals surface area contributed by atoms with Gasteiger partial charge in [0, 0.05) is 50.0 Å². The van der Waals surface area contributed by atoms with Crippen LogP contribution in [0.2, 0.25) is 0 Å². The standard InChI is InChI=1S/C16H28N2O3/c1-16(2)14(12-5-9-21-15(12)16)17(3)6-4-13(19)18-7-10-20-11-8-18/h12,14-15H,4-11H2,1-3H3/t12-,14-,15-/m1/s1. The largest absolute Gasteiger partial charge is 0.378 e. The van der Waals surface area contributed by atoms with Crippen molar-refractivity contribution in [3.05, 3.63) is 0 Å². The molecule has 0 radical (unpaired) electrons. The Balaban J connectivity index is 1.50. The summed E-state index contributed by atoms with van der Waals surface area (Å²) in [7, 11) is 2.16. The van der Waals surface area contributed by atoms with Gasteiger partial charge in [0.1, 0.15) is 0 Å². The summed E-state index contributed by atoms with van der Waals surface area (Å²) in [6.45, 7) is 9.18. The molecule has 5 nitrogen and oxygen atoms in total. The summed E-state index contributed by atoms with van der Waals surface area (Å²) in [6, 6.07) is 0.544. The molecule has 5 heteroatoms. The molecule has 0 aromatic carbocycles. The fourth-order valence-corrected chi connectivity index (χ4v) is 4.57. The van der Waals surface area contributed by atoms with Gasteiger partial charge in [0.25, 0.3) is 0 Å². The first-order chi connectivity index (χ1) is 10.0. The molecule has 1 aliphatic carbocycles. The van der Waals surface area contributed by atoms with Gasteiger partial charge in [-0.25, -0.2) is 0 Å². The van der Waals surface area contributed by atoms with Gasteiger partial charge < -0.3 is 19.3 Å². The van der Waals surface area contributed by atoms with Crippen LogP contribution in [0, 0.1) is 11.3 Å². The van der Waals surface area contributed by atoms with Crippen molar-refractivity contribution in [2.45, 2.75) is 38.8 Å². The smallest absolute Gasteiger partial charge is 0.224 e. The number of rotatable bonds is 4. The Bertz CT molecular complexity index is 393. The molecule has 0 bridgehead atoms. The average Bonchev–Trinajstić information content (AvgIpc) is 2.91. The van der Waals surface area contributed by atoms with Gasteiger partial charge in [-0.3, -0.25) is 4.79 Å². The Morgan fingerprint density at radius 3 is 2.71 bits per heavy atom. The first kappa shape index (κ1) is 15.3. The van der Waals surface area contributed by atoms with Crippen molar-refractivity contribution >= 4 is 5.91 Å². The number of fused-ring (bicyclic) bond motifs is 1. The molecule has 0 unspecified atom stereocenters. The van der Waals surface area contributed by atoms with Crippen molar-refractivity contribution in [3.8, 4) is 0 Å². The molecule has 0 N–H and O–H groups in total. The number of ether oxygens (including phenoxy) is 2. The molecule has 1 amide bonds. The second kappa shape index (κ2) is 5.86. The maximum Gasteiger partial charge on any atom is 0.224 e. The van der Waals surface area contributed by atoms with Gasteiger partial charge in [-0.1, -0.05) is 13.8 Å². The number of morpholine rings is 1. The van der Waals surface area contributed by atoms with Crippen LogP contribution in [-0.4, -0.2) is 74.4 Å². The van der Waals surface area contributed by atoms with Crippen LogP contribution in [0.1, 0.15) is 26.7 Å². The second-order valence-corrected chi connectivity index (χ2v) is 7.23. The average molecular weight is 296 g/mol. The molecule has 21 heavy (non-hydrogen) atoms. The van der Waals surface area contributed by atoms with Crippen molar-refractivity contribution in [1.29, 1.82) is 0 Å². The van der Waals surface area contributed by atoms with Gasteiger partial charge in [0.15, 0.2) is 0 Å². The molecule has 3 rings (SSSR count). The van der Waals surface area contributed by atoms with Crippen molar-refractivity contribution in [3.63, 3.8) is 0 Å². The van der Waals surface area contributed by atoms with E-state index in [2.05, 4.69) is 25.8 Å². The number of carbonyl (C=O) groups is 1. The summed E-state index contributed by atoms with van der Waals surface area (Å²) in [5, 5.41) is 0. The van der Waals surface area contributed by atoms with Crippen LogP contribution in [0.15, 0.2) is 0 Å². The molecule has 2 saturated heterocycles. The summed E-state index contributed by atoms with van der Waals surface area (Å²) >= 11 is 0. The molecule has 2 aliphatic heterocycles. The van der Waals surface area contributed by atoms with Crippen LogP contribution in [0.25, 0.3) is 0 Å². The highest BCUT2D eigenvalue weighted by molar-refractivity contribution is 5.76. The minimum Gasteiger partial charge on any atom is -0.378 e. The third kappa shape index (κ3) is 2.71. The zero-order chi connectivity index (χ0) is 15.0. The third-order valence-electron chi connectivity index (χ3n) is 5.56. The van der Waals surface area contributed by atoms with E-state index in [1.165, 1.54) is 6.42 Å². The van der Waals surface area contributed by atoms with Crippen LogP contribution in [0.3, 0.4) is 0 Å². The van der Waals surface area contributed by atoms with E-state index in [0.717, 1.165) is 26.2 Å². The van der Waals surface area contributed by atoms with Gasteiger partial charge in [0.05, 0.1) is 19.3 Å². The van der Waals surface area contributed by atoms with E-state index in [-0.39, 0.29) is 11.3 Å². The summed E-state index contributed by atoms with van der Waals surface area (Å²) in [5.74, 6) is 0.921. The Kier molecular flexibility index (Phi) is 4.26. The molecule has 0 spiro atoms. The van der Waals surface area contributed by atoms with Crippen LogP contribution in [-0.2, 0) is 14.3 Å². The minimum absolute atomic E-state index is 0.206. The van der Waals surface area contributed by atoms with E-state index in [1.54, 1.807) is 0 Å². The van der Waals surface area contributed by atoms with E-state index in [4.69, 9.17) is 9.47 Å². The van der Waals surface area contributed by atoms with Gasteiger partial charge >= 0.3 is 0 Å². The lowest BCUT2D eigenvalue weighted by Gasteiger charge is -2.58. The predicted molar refractivity (Wildman–Crippen MR) is 80.1 cm³/mol. The Labute approximate surface area is 127 Å². The molecule has 120 valence electrons. The van der Waals surface area contributed by atoms with E-state index in [0.29, 0.717) is 37.7 Å². The molecule has 0 aromatic heterocycles. The quantitative estimate of drug-likeness (QED) is 0.775. The number of carbonyl (C=O) groups excluding carboxylic acids is 1. The summed E-state index contributed by atoms with van der Waals surface area (Å²) in [5.41, 5.74) is 0.206. The van der Waals surface area contributed by atoms with Gasteiger partial charge in [-0.05, 0) is 13.5 Å². The van der Waals surface area contributed by atoms with Crippen molar-refractivity contribution < 1.29 is 14.3 Å². The first-order valence-corrected chi connectivity index (χ1v) is 8.19. The molecule has 2 heterocycles. The van der Waals surface area contributed by atoms with E-state index < -0.39 is 0 Å². The first-order valence-electron chi connectivity index (χ1n) is 8.19. The lowest BCUT2D eigenvalue weighted by Crippen LogP contribution is -2.66. The Hall–Kier alpha value is -0.650. The van der Waals surface area contributed by atoms with E-state index in [9.17, 15) is 4.79 Å². The predicted octanol–water partition coefficient (Wildman–Crippen LogP) is 0.981.